The second-order valence-electron chi connectivity index (χ2n) is 5.84. The highest BCUT2D eigenvalue weighted by atomic mass is 32.2. The molecule has 1 N–H and O–H groups in total. The molecule has 2 nitrogen and oxygen atoms in total. The Labute approximate surface area is 124 Å². The molecule has 0 aliphatic heterocycles. The summed E-state index contributed by atoms with van der Waals surface area (Å²) in [6.45, 7) is 9.50. The number of nitrogens with one attached hydrogen (secondary N) is 1. The summed E-state index contributed by atoms with van der Waals surface area (Å²) >= 11 is 1.87. The van der Waals surface area contributed by atoms with Gasteiger partial charge in [-0.1, -0.05) is 39.8 Å². The van der Waals surface area contributed by atoms with Gasteiger partial charge in [0.05, 0.1) is 6.04 Å². The third-order valence-corrected chi connectivity index (χ3v) is 4.36. The Morgan fingerprint density at radius 2 is 2.10 bits per heavy atom. The Hall–Kier alpha value is -1.00. The second-order valence-corrected chi connectivity index (χ2v) is 7.69. The van der Waals surface area contributed by atoms with Crippen LogP contribution in [-0.2, 0) is 0 Å². The van der Waals surface area contributed by atoms with Crippen LogP contribution < -0.4 is 5.32 Å². The molecule has 0 bridgehead atoms. The van der Waals surface area contributed by atoms with Gasteiger partial charge >= 0.3 is 0 Å². The standard InChI is InChI=1S/C16H22FNOS/c1-5-18-13(10-20-16(2,3)4)14-9-11-7-6-8-12(17)15(11)19-14/h6-9,13,18H,5,10H2,1-4H3. The van der Waals surface area contributed by atoms with Gasteiger partial charge in [-0.15, -0.1) is 0 Å². The van der Waals surface area contributed by atoms with Crippen molar-refractivity contribution in [3.05, 3.63) is 35.8 Å². The predicted molar refractivity (Wildman–Crippen MR) is 84.8 cm³/mol. The number of rotatable bonds is 5. The first kappa shape index (κ1) is 15.4. The number of hydrogen-bond acceptors (Lipinski definition) is 3. The fraction of sp³-hybridized carbons (Fsp3) is 0.500. The van der Waals surface area contributed by atoms with E-state index in [-0.39, 0.29) is 16.6 Å². The smallest absolute Gasteiger partial charge is 0.169 e. The Kier molecular flexibility index (Phi) is 4.76. The number of para-hydroxylation sites is 1. The topological polar surface area (TPSA) is 25.2 Å². The molecule has 0 saturated carbocycles. The number of benzene rings is 1. The number of thioether (sulfide) groups is 1. The molecule has 1 heterocycles. The molecule has 0 spiro atoms. The molecule has 1 aromatic heterocycles. The summed E-state index contributed by atoms with van der Waals surface area (Å²) < 4.78 is 19.6. The predicted octanol–water partition coefficient (Wildman–Crippen LogP) is 4.75. The zero-order valence-corrected chi connectivity index (χ0v) is 13.3. The second kappa shape index (κ2) is 6.19. The largest absolute Gasteiger partial charge is 0.456 e. The minimum atomic E-state index is -0.299. The zero-order chi connectivity index (χ0) is 14.8. The van der Waals surface area contributed by atoms with Gasteiger partial charge in [-0.25, -0.2) is 4.39 Å². The molecule has 0 saturated heterocycles. The van der Waals surface area contributed by atoms with Gasteiger partial charge < -0.3 is 9.73 Å². The van der Waals surface area contributed by atoms with Crippen molar-refractivity contribution >= 4 is 22.7 Å². The molecular formula is C16H22FNOS. The van der Waals surface area contributed by atoms with E-state index < -0.39 is 0 Å². The Morgan fingerprint density at radius 1 is 1.35 bits per heavy atom. The molecule has 110 valence electrons. The minimum Gasteiger partial charge on any atom is -0.456 e. The van der Waals surface area contributed by atoms with Crippen LogP contribution in [0.3, 0.4) is 0 Å². The summed E-state index contributed by atoms with van der Waals surface area (Å²) in [6, 6.07) is 7.07. The molecule has 0 amide bonds. The van der Waals surface area contributed by atoms with E-state index in [0.717, 1.165) is 23.4 Å². The molecule has 0 aliphatic carbocycles. The van der Waals surface area contributed by atoms with E-state index in [1.165, 1.54) is 6.07 Å². The van der Waals surface area contributed by atoms with Crippen LogP contribution in [0.5, 0.6) is 0 Å². The fourth-order valence-corrected chi connectivity index (χ4v) is 2.99. The third-order valence-electron chi connectivity index (χ3n) is 2.99. The van der Waals surface area contributed by atoms with Crippen LogP contribution in [-0.4, -0.2) is 17.0 Å². The molecule has 1 aromatic carbocycles. The fourth-order valence-electron chi connectivity index (χ4n) is 2.04. The first-order chi connectivity index (χ1) is 9.40. The van der Waals surface area contributed by atoms with Crippen LogP contribution in [0, 0.1) is 5.82 Å². The van der Waals surface area contributed by atoms with Crippen LogP contribution >= 0.6 is 11.8 Å². The highest BCUT2D eigenvalue weighted by Crippen LogP contribution is 2.31. The van der Waals surface area contributed by atoms with E-state index in [0.29, 0.717) is 5.58 Å². The molecule has 20 heavy (non-hydrogen) atoms. The van der Waals surface area contributed by atoms with Gasteiger partial charge in [0.1, 0.15) is 5.76 Å². The third kappa shape index (κ3) is 3.76. The number of furan rings is 1. The van der Waals surface area contributed by atoms with Gasteiger partial charge in [0.15, 0.2) is 11.4 Å². The monoisotopic (exact) mass is 295 g/mol. The SMILES string of the molecule is CCNC(CSC(C)(C)C)c1cc2cccc(F)c2o1. The van der Waals surface area contributed by atoms with Crippen molar-refractivity contribution in [3.63, 3.8) is 0 Å². The summed E-state index contributed by atoms with van der Waals surface area (Å²) in [5.74, 6) is 1.41. The van der Waals surface area contributed by atoms with Gasteiger partial charge in [-0.2, -0.15) is 11.8 Å². The Bertz CT molecular complexity index is 573. The highest BCUT2D eigenvalue weighted by Gasteiger charge is 2.20. The van der Waals surface area contributed by atoms with Gasteiger partial charge in [0.2, 0.25) is 0 Å². The van der Waals surface area contributed by atoms with Crippen molar-refractivity contribution in [2.24, 2.45) is 0 Å². The van der Waals surface area contributed by atoms with Gasteiger partial charge in [0, 0.05) is 15.9 Å². The van der Waals surface area contributed by atoms with Crippen molar-refractivity contribution in [1.82, 2.24) is 5.32 Å². The molecule has 4 heteroatoms. The summed E-state index contributed by atoms with van der Waals surface area (Å²) in [5.41, 5.74) is 0.353. The van der Waals surface area contributed by atoms with Crippen LogP contribution in [0.1, 0.15) is 39.5 Å². The van der Waals surface area contributed by atoms with E-state index in [1.807, 2.05) is 23.9 Å². The van der Waals surface area contributed by atoms with Crippen LogP contribution in [0.4, 0.5) is 4.39 Å². The van der Waals surface area contributed by atoms with Crippen molar-refractivity contribution in [3.8, 4) is 0 Å². The minimum absolute atomic E-state index is 0.107. The van der Waals surface area contributed by atoms with E-state index in [1.54, 1.807) is 6.07 Å². The lowest BCUT2D eigenvalue weighted by Gasteiger charge is -2.22. The van der Waals surface area contributed by atoms with Crippen LogP contribution in [0.2, 0.25) is 0 Å². The summed E-state index contributed by atoms with van der Waals surface area (Å²) in [4.78, 5) is 0. The zero-order valence-electron chi connectivity index (χ0n) is 12.5. The number of fused-ring (bicyclic) bond motifs is 1. The normalized spacial score (nSPS) is 13.8. The molecule has 2 rings (SSSR count). The maximum atomic E-state index is 13.7. The average Bonchev–Trinajstić information content (AvgIpc) is 2.78. The van der Waals surface area contributed by atoms with E-state index in [9.17, 15) is 4.39 Å². The lowest BCUT2D eigenvalue weighted by molar-refractivity contribution is 0.453. The van der Waals surface area contributed by atoms with Crippen LogP contribution in [0.25, 0.3) is 11.0 Å². The molecule has 0 aliphatic rings. The van der Waals surface area contributed by atoms with Gasteiger partial charge in [0.25, 0.3) is 0 Å². The number of halogens is 1. The van der Waals surface area contributed by atoms with Crippen molar-refractivity contribution in [2.75, 3.05) is 12.3 Å². The lowest BCUT2D eigenvalue weighted by Crippen LogP contribution is -2.24. The molecule has 0 fully saturated rings. The first-order valence-corrected chi connectivity index (χ1v) is 7.94. The molecule has 0 radical (unpaired) electrons. The quantitative estimate of drug-likeness (QED) is 0.861. The van der Waals surface area contributed by atoms with E-state index >= 15 is 0 Å². The van der Waals surface area contributed by atoms with Crippen molar-refractivity contribution < 1.29 is 8.81 Å². The average molecular weight is 295 g/mol. The first-order valence-electron chi connectivity index (χ1n) is 6.96. The maximum absolute atomic E-state index is 13.7. The van der Waals surface area contributed by atoms with E-state index in [4.69, 9.17) is 4.42 Å². The molecular weight excluding hydrogens is 273 g/mol. The summed E-state index contributed by atoms with van der Waals surface area (Å²) in [7, 11) is 0. The molecule has 1 atom stereocenters. The van der Waals surface area contributed by atoms with Crippen LogP contribution in [0.15, 0.2) is 28.7 Å². The van der Waals surface area contributed by atoms with Gasteiger partial charge in [-0.05, 0) is 18.7 Å². The van der Waals surface area contributed by atoms with Crippen molar-refractivity contribution in [1.29, 1.82) is 0 Å². The maximum Gasteiger partial charge on any atom is 0.169 e. The van der Waals surface area contributed by atoms with E-state index in [2.05, 4.69) is 33.0 Å². The Morgan fingerprint density at radius 3 is 2.70 bits per heavy atom. The summed E-state index contributed by atoms with van der Waals surface area (Å²) in [6.07, 6.45) is 0. The van der Waals surface area contributed by atoms with Gasteiger partial charge in [-0.3, -0.25) is 0 Å². The number of hydrogen-bond donors (Lipinski definition) is 1. The Balaban J connectivity index is 2.24. The lowest BCUT2D eigenvalue weighted by atomic mass is 10.2. The summed E-state index contributed by atoms with van der Waals surface area (Å²) in [5, 5.41) is 4.24. The van der Waals surface area contributed by atoms with Crippen molar-refractivity contribution in [2.45, 2.75) is 38.5 Å². The molecule has 2 aromatic rings. The highest BCUT2D eigenvalue weighted by molar-refractivity contribution is 8.00. The molecule has 1 unspecified atom stereocenters.